The predicted molar refractivity (Wildman–Crippen MR) is 115 cm³/mol. The van der Waals surface area contributed by atoms with Gasteiger partial charge in [-0.1, -0.05) is 26.0 Å². The van der Waals surface area contributed by atoms with Crippen molar-refractivity contribution in [3.05, 3.63) is 54.1 Å². The van der Waals surface area contributed by atoms with Gasteiger partial charge in [0, 0.05) is 17.8 Å². The van der Waals surface area contributed by atoms with Crippen molar-refractivity contribution in [2.45, 2.75) is 32.6 Å². The van der Waals surface area contributed by atoms with Crippen LogP contribution in [0.15, 0.2) is 48.5 Å². The molecule has 0 radical (unpaired) electrons. The molecule has 3 rings (SSSR count). The SMILES string of the molecule is CCOc1ccc(N2C(=O)CS[C@@H]2c2cccc(NC(=O)CC(C)C)c2)cc1. The Morgan fingerprint density at radius 1 is 1.25 bits per heavy atom. The summed E-state index contributed by atoms with van der Waals surface area (Å²) in [5, 5.41) is 2.84. The fourth-order valence-electron chi connectivity index (χ4n) is 3.17. The first kappa shape index (κ1) is 20.3. The van der Waals surface area contributed by atoms with Crippen LogP contribution in [0.5, 0.6) is 5.75 Å². The minimum Gasteiger partial charge on any atom is -0.494 e. The lowest BCUT2D eigenvalue weighted by molar-refractivity contribution is -0.117. The molecule has 1 N–H and O–H groups in total. The van der Waals surface area contributed by atoms with Crippen molar-refractivity contribution in [3.8, 4) is 5.75 Å². The molecule has 0 spiro atoms. The van der Waals surface area contributed by atoms with Crippen LogP contribution in [0.3, 0.4) is 0 Å². The number of carbonyl (C=O) groups is 2. The third-order valence-corrected chi connectivity index (χ3v) is 5.56. The van der Waals surface area contributed by atoms with Gasteiger partial charge in [0.05, 0.1) is 12.4 Å². The number of carbonyl (C=O) groups excluding carboxylic acids is 2. The lowest BCUT2D eigenvalue weighted by atomic mass is 10.1. The highest BCUT2D eigenvalue weighted by molar-refractivity contribution is 8.00. The van der Waals surface area contributed by atoms with Crippen LogP contribution in [0, 0.1) is 5.92 Å². The number of amides is 2. The van der Waals surface area contributed by atoms with E-state index in [0.717, 1.165) is 22.7 Å². The number of hydrogen-bond acceptors (Lipinski definition) is 4. The summed E-state index contributed by atoms with van der Waals surface area (Å²) >= 11 is 1.59. The highest BCUT2D eigenvalue weighted by atomic mass is 32.2. The Labute approximate surface area is 170 Å². The number of benzene rings is 2. The molecule has 1 aliphatic rings. The van der Waals surface area contributed by atoms with Crippen molar-refractivity contribution in [2.75, 3.05) is 22.6 Å². The highest BCUT2D eigenvalue weighted by Gasteiger charge is 2.34. The fourth-order valence-corrected chi connectivity index (χ4v) is 4.34. The van der Waals surface area contributed by atoms with E-state index in [9.17, 15) is 9.59 Å². The Bertz CT molecular complexity index is 836. The Morgan fingerprint density at radius 3 is 2.68 bits per heavy atom. The largest absolute Gasteiger partial charge is 0.494 e. The Kier molecular flexibility index (Phi) is 6.62. The number of nitrogens with zero attached hydrogens (tertiary/aromatic N) is 1. The van der Waals surface area contributed by atoms with Crippen LogP contribution in [0.1, 0.15) is 38.1 Å². The Morgan fingerprint density at radius 2 is 2.00 bits per heavy atom. The molecular formula is C22H26N2O3S. The van der Waals surface area contributed by atoms with Crippen LogP contribution in [-0.4, -0.2) is 24.2 Å². The molecule has 2 aromatic rings. The third kappa shape index (κ3) is 4.87. The zero-order valence-electron chi connectivity index (χ0n) is 16.5. The van der Waals surface area contributed by atoms with Crippen LogP contribution < -0.4 is 15.0 Å². The molecule has 0 aliphatic carbocycles. The molecule has 1 aliphatic heterocycles. The van der Waals surface area contributed by atoms with Gasteiger partial charge in [-0.15, -0.1) is 11.8 Å². The van der Waals surface area contributed by atoms with Crippen LogP contribution >= 0.6 is 11.8 Å². The normalized spacial score (nSPS) is 16.5. The lowest BCUT2D eigenvalue weighted by Crippen LogP contribution is -2.27. The van der Waals surface area contributed by atoms with Crippen molar-refractivity contribution >= 4 is 35.0 Å². The molecule has 1 saturated heterocycles. The first-order chi connectivity index (χ1) is 13.5. The van der Waals surface area contributed by atoms with E-state index in [1.54, 1.807) is 11.8 Å². The standard InChI is InChI=1S/C22H26N2O3S/c1-4-27-19-10-8-18(9-11-19)24-21(26)14-28-22(24)16-6-5-7-17(13-16)23-20(25)12-15(2)3/h5-11,13,15,22H,4,12,14H2,1-3H3,(H,23,25)/t22-/m1/s1. The van der Waals surface area contributed by atoms with Crippen LogP contribution in [0.2, 0.25) is 0 Å². The topological polar surface area (TPSA) is 58.6 Å². The maximum atomic E-state index is 12.6. The highest BCUT2D eigenvalue weighted by Crippen LogP contribution is 2.42. The molecule has 1 fully saturated rings. The summed E-state index contributed by atoms with van der Waals surface area (Å²) in [6.45, 7) is 6.59. The van der Waals surface area contributed by atoms with Crippen molar-refractivity contribution in [1.29, 1.82) is 0 Å². The molecule has 0 saturated carbocycles. The van der Waals surface area contributed by atoms with Crippen molar-refractivity contribution < 1.29 is 14.3 Å². The van der Waals surface area contributed by atoms with E-state index in [-0.39, 0.29) is 17.2 Å². The summed E-state index contributed by atoms with van der Waals surface area (Å²) in [4.78, 5) is 26.5. The van der Waals surface area contributed by atoms with E-state index in [4.69, 9.17) is 4.74 Å². The molecule has 2 amide bonds. The summed E-state index contributed by atoms with van der Waals surface area (Å²) in [5.74, 6) is 1.61. The second-order valence-electron chi connectivity index (χ2n) is 7.13. The quantitative estimate of drug-likeness (QED) is 0.724. The summed E-state index contributed by atoms with van der Waals surface area (Å²) in [7, 11) is 0. The number of nitrogens with one attached hydrogen (secondary N) is 1. The molecule has 1 heterocycles. The second kappa shape index (κ2) is 9.15. The van der Waals surface area contributed by atoms with Crippen molar-refractivity contribution in [3.63, 3.8) is 0 Å². The summed E-state index contributed by atoms with van der Waals surface area (Å²) < 4.78 is 5.49. The van der Waals surface area contributed by atoms with Crippen LogP contribution in [0.25, 0.3) is 0 Å². The van der Waals surface area contributed by atoms with Crippen molar-refractivity contribution in [1.82, 2.24) is 0 Å². The number of thioether (sulfide) groups is 1. The predicted octanol–water partition coefficient (Wildman–Crippen LogP) is 4.85. The minimum absolute atomic E-state index is 0.00525. The second-order valence-corrected chi connectivity index (χ2v) is 8.19. The van der Waals surface area contributed by atoms with E-state index >= 15 is 0 Å². The van der Waals surface area contributed by atoms with E-state index < -0.39 is 0 Å². The van der Waals surface area contributed by atoms with Crippen LogP contribution in [-0.2, 0) is 9.59 Å². The van der Waals surface area contributed by atoms with Gasteiger partial charge in [0.15, 0.2) is 0 Å². The number of ether oxygens (including phenoxy) is 1. The molecule has 0 unspecified atom stereocenters. The third-order valence-electron chi connectivity index (χ3n) is 4.34. The Balaban J connectivity index is 1.80. The molecule has 6 heteroatoms. The zero-order chi connectivity index (χ0) is 20.1. The first-order valence-corrected chi connectivity index (χ1v) is 10.6. The maximum absolute atomic E-state index is 12.6. The van der Waals surface area contributed by atoms with Crippen molar-refractivity contribution in [2.24, 2.45) is 5.92 Å². The molecular weight excluding hydrogens is 372 g/mol. The van der Waals surface area contributed by atoms with Gasteiger partial charge in [-0.05, 0) is 54.8 Å². The minimum atomic E-state index is -0.118. The van der Waals surface area contributed by atoms with E-state index in [0.29, 0.717) is 24.7 Å². The summed E-state index contributed by atoms with van der Waals surface area (Å²) in [6, 6.07) is 15.3. The molecule has 28 heavy (non-hydrogen) atoms. The number of hydrogen-bond donors (Lipinski definition) is 1. The summed E-state index contributed by atoms with van der Waals surface area (Å²) in [5.41, 5.74) is 2.60. The fraction of sp³-hybridized carbons (Fsp3) is 0.364. The van der Waals surface area contributed by atoms with E-state index in [2.05, 4.69) is 5.32 Å². The average Bonchev–Trinajstić information content (AvgIpc) is 3.04. The van der Waals surface area contributed by atoms with Gasteiger partial charge < -0.3 is 10.1 Å². The molecule has 1 atom stereocenters. The lowest BCUT2D eigenvalue weighted by Gasteiger charge is -2.25. The molecule has 148 valence electrons. The first-order valence-electron chi connectivity index (χ1n) is 9.54. The molecule has 2 aromatic carbocycles. The van der Waals surface area contributed by atoms with Gasteiger partial charge in [-0.3, -0.25) is 14.5 Å². The average molecular weight is 399 g/mol. The maximum Gasteiger partial charge on any atom is 0.238 e. The van der Waals surface area contributed by atoms with Gasteiger partial charge in [0.25, 0.3) is 0 Å². The smallest absolute Gasteiger partial charge is 0.238 e. The number of rotatable bonds is 7. The van der Waals surface area contributed by atoms with Gasteiger partial charge in [-0.25, -0.2) is 0 Å². The van der Waals surface area contributed by atoms with E-state index in [1.165, 1.54) is 0 Å². The van der Waals surface area contributed by atoms with Gasteiger partial charge in [0.1, 0.15) is 11.1 Å². The van der Waals surface area contributed by atoms with E-state index in [1.807, 2.05) is 74.2 Å². The Hall–Kier alpha value is -2.47. The molecule has 0 bridgehead atoms. The summed E-state index contributed by atoms with van der Waals surface area (Å²) in [6.07, 6.45) is 0.485. The molecule has 5 nitrogen and oxygen atoms in total. The van der Waals surface area contributed by atoms with Gasteiger partial charge in [0.2, 0.25) is 11.8 Å². The van der Waals surface area contributed by atoms with Crippen LogP contribution in [0.4, 0.5) is 11.4 Å². The zero-order valence-corrected chi connectivity index (χ0v) is 17.3. The van der Waals surface area contributed by atoms with Gasteiger partial charge in [-0.2, -0.15) is 0 Å². The molecule has 0 aromatic heterocycles. The number of anilines is 2. The van der Waals surface area contributed by atoms with Gasteiger partial charge >= 0.3 is 0 Å². The monoisotopic (exact) mass is 398 g/mol.